The first kappa shape index (κ1) is 13.1. The van der Waals surface area contributed by atoms with E-state index in [0.29, 0.717) is 22.2 Å². The van der Waals surface area contributed by atoms with Gasteiger partial charge in [-0.25, -0.2) is 4.79 Å². The summed E-state index contributed by atoms with van der Waals surface area (Å²) >= 11 is 0. The molecule has 3 aromatic rings. The molecule has 21 heavy (non-hydrogen) atoms. The van der Waals surface area contributed by atoms with Crippen molar-refractivity contribution in [3.8, 4) is 0 Å². The third-order valence-corrected chi connectivity index (χ3v) is 3.04. The maximum atomic E-state index is 12.3. The topological polar surface area (TPSA) is 107 Å². The van der Waals surface area contributed by atoms with Crippen molar-refractivity contribution < 1.29 is 19.6 Å². The summed E-state index contributed by atoms with van der Waals surface area (Å²) in [5.74, 6) is -0.848. The number of anilines is 1. The van der Waals surface area contributed by atoms with Crippen LogP contribution in [0.25, 0.3) is 11.1 Å². The summed E-state index contributed by atoms with van der Waals surface area (Å²) < 4.78 is 4.91. The quantitative estimate of drug-likeness (QED) is 0.501. The van der Waals surface area contributed by atoms with Crippen LogP contribution >= 0.6 is 0 Å². The molecule has 0 spiro atoms. The molecule has 0 fully saturated rings. The Hall–Kier alpha value is -2.90. The number of fused-ring (bicyclic) bond motifs is 1. The summed E-state index contributed by atoms with van der Waals surface area (Å²) in [6.07, 6.45) is 0. The number of benzene rings is 2. The van der Waals surface area contributed by atoms with E-state index in [1.54, 1.807) is 12.1 Å². The molecule has 0 aliphatic heterocycles. The zero-order chi connectivity index (χ0) is 15.0. The van der Waals surface area contributed by atoms with E-state index >= 15 is 0 Å². The summed E-state index contributed by atoms with van der Waals surface area (Å²) in [4.78, 5) is 25.9. The third kappa shape index (κ3) is 2.42. The Morgan fingerprint density at radius 1 is 1.05 bits per heavy atom. The summed E-state index contributed by atoms with van der Waals surface area (Å²) in [6.45, 7) is 0. The number of rotatable bonds is 3. The molecule has 1 heterocycles. The normalized spacial score (nSPS) is 10.8. The summed E-state index contributed by atoms with van der Waals surface area (Å²) in [5.41, 5.74) is 1.70. The van der Waals surface area contributed by atoms with Gasteiger partial charge in [-0.3, -0.25) is 20.2 Å². The van der Waals surface area contributed by atoms with Crippen LogP contribution < -0.4 is 11.0 Å². The number of hydrogen-bond donors (Lipinski definition) is 3. The number of carbonyl (C=O) groups is 1. The lowest BCUT2D eigenvalue weighted by Gasteiger charge is -2.08. The Morgan fingerprint density at radius 2 is 1.71 bits per heavy atom. The molecule has 0 saturated heterocycles. The molecule has 3 N–H and O–H groups in total. The minimum absolute atomic E-state index is 0.0330. The fraction of sp³-hybridized carbons (Fsp3) is 0. The second kappa shape index (κ2) is 4.89. The fourth-order valence-corrected chi connectivity index (χ4v) is 2.00. The summed E-state index contributed by atoms with van der Waals surface area (Å²) in [7, 11) is 0. The fourth-order valence-electron chi connectivity index (χ4n) is 2.00. The molecule has 0 bridgehead atoms. The van der Waals surface area contributed by atoms with E-state index in [-0.39, 0.29) is 16.7 Å². The zero-order valence-corrected chi connectivity index (χ0v) is 10.6. The highest BCUT2D eigenvalue weighted by Gasteiger charge is 2.12. The van der Waals surface area contributed by atoms with Crippen molar-refractivity contribution in [2.45, 2.75) is 0 Å². The monoisotopic (exact) mass is 286 g/mol. The number of hydrogen-bond acceptors (Lipinski definition) is 6. The van der Waals surface area contributed by atoms with Gasteiger partial charge in [0.15, 0.2) is 11.4 Å². The average molecular weight is 286 g/mol. The van der Waals surface area contributed by atoms with Gasteiger partial charge in [0.05, 0.1) is 11.2 Å². The van der Waals surface area contributed by atoms with Crippen LogP contribution in [-0.4, -0.2) is 21.2 Å². The molecule has 0 atom stereocenters. The SMILES string of the molecule is O=C(c1ccc(N(O)O)cc1)c1ccc2[nH]c(=O)oc2c1. The summed E-state index contributed by atoms with van der Waals surface area (Å²) in [6, 6.07) is 10.4. The molecular weight excluding hydrogens is 276 g/mol. The molecule has 0 aliphatic carbocycles. The van der Waals surface area contributed by atoms with Gasteiger partial charge in [-0.1, -0.05) is 0 Å². The molecule has 0 amide bonds. The maximum absolute atomic E-state index is 12.3. The Morgan fingerprint density at radius 3 is 2.38 bits per heavy atom. The molecule has 0 unspecified atom stereocenters. The van der Waals surface area contributed by atoms with Gasteiger partial charge in [0.25, 0.3) is 0 Å². The number of nitrogens with zero attached hydrogens (tertiary/aromatic N) is 1. The number of H-pyrrole nitrogens is 1. The van der Waals surface area contributed by atoms with Gasteiger partial charge in [-0.2, -0.15) is 0 Å². The predicted octanol–water partition coefficient (Wildman–Crippen LogP) is 1.94. The van der Waals surface area contributed by atoms with Crippen LogP contribution in [-0.2, 0) is 0 Å². The third-order valence-electron chi connectivity index (χ3n) is 3.04. The van der Waals surface area contributed by atoms with Gasteiger partial charge in [0, 0.05) is 11.1 Å². The van der Waals surface area contributed by atoms with Crippen molar-refractivity contribution in [2.24, 2.45) is 0 Å². The highest BCUT2D eigenvalue weighted by molar-refractivity contribution is 6.10. The molecule has 7 heteroatoms. The Balaban J connectivity index is 1.97. The molecule has 0 aliphatic rings. The average Bonchev–Trinajstić information content (AvgIpc) is 2.85. The van der Waals surface area contributed by atoms with Crippen LogP contribution in [0.2, 0.25) is 0 Å². The van der Waals surface area contributed by atoms with Crippen molar-refractivity contribution >= 4 is 22.6 Å². The lowest BCUT2D eigenvalue weighted by Crippen LogP contribution is -2.11. The van der Waals surface area contributed by atoms with Crippen LogP contribution in [0.1, 0.15) is 15.9 Å². The van der Waals surface area contributed by atoms with Crippen LogP contribution in [0.15, 0.2) is 51.7 Å². The largest absolute Gasteiger partial charge is 0.417 e. The molecule has 106 valence electrons. The van der Waals surface area contributed by atoms with Crippen molar-refractivity contribution in [3.05, 3.63) is 64.1 Å². The first-order valence-corrected chi connectivity index (χ1v) is 6.00. The Kier molecular flexibility index (Phi) is 3.05. The molecule has 7 nitrogen and oxygen atoms in total. The summed E-state index contributed by atoms with van der Waals surface area (Å²) in [5, 5.41) is 17.7. The predicted molar refractivity (Wildman–Crippen MR) is 72.8 cm³/mol. The second-order valence-electron chi connectivity index (χ2n) is 4.39. The van der Waals surface area contributed by atoms with Crippen LogP contribution in [0.3, 0.4) is 0 Å². The maximum Gasteiger partial charge on any atom is 0.417 e. The highest BCUT2D eigenvalue weighted by Crippen LogP contribution is 2.18. The number of aromatic amines is 1. The van der Waals surface area contributed by atoms with E-state index in [1.165, 1.54) is 30.3 Å². The van der Waals surface area contributed by atoms with E-state index < -0.39 is 5.76 Å². The van der Waals surface area contributed by atoms with Gasteiger partial charge in [-0.05, 0) is 42.5 Å². The Labute approximate surface area is 117 Å². The first-order valence-electron chi connectivity index (χ1n) is 6.00. The van der Waals surface area contributed by atoms with Gasteiger partial charge in [0.2, 0.25) is 0 Å². The van der Waals surface area contributed by atoms with E-state index in [1.807, 2.05) is 0 Å². The number of aromatic nitrogens is 1. The van der Waals surface area contributed by atoms with E-state index in [0.717, 1.165) is 0 Å². The number of carbonyl (C=O) groups excluding carboxylic acids is 1. The zero-order valence-electron chi connectivity index (χ0n) is 10.6. The molecule has 1 aromatic heterocycles. The lowest BCUT2D eigenvalue weighted by molar-refractivity contribution is 0.0291. The molecular formula is C14H10N2O5. The van der Waals surface area contributed by atoms with E-state index in [9.17, 15) is 9.59 Å². The number of oxazole rings is 1. The van der Waals surface area contributed by atoms with Crippen molar-refractivity contribution in [1.29, 1.82) is 0 Å². The van der Waals surface area contributed by atoms with Gasteiger partial charge < -0.3 is 4.42 Å². The smallest absolute Gasteiger partial charge is 0.408 e. The van der Waals surface area contributed by atoms with E-state index in [4.69, 9.17) is 14.8 Å². The second-order valence-corrected chi connectivity index (χ2v) is 4.39. The van der Waals surface area contributed by atoms with Crippen molar-refractivity contribution in [3.63, 3.8) is 0 Å². The van der Waals surface area contributed by atoms with Gasteiger partial charge in [-0.15, -0.1) is 5.23 Å². The van der Waals surface area contributed by atoms with Gasteiger partial charge in [0.1, 0.15) is 0 Å². The first-order chi connectivity index (χ1) is 10.0. The molecule has 0 saturated carbocycles. The van der Waals surface area contributed by atoms with Crippen LogP contribution in [0, 0.1) is 0 Å². The number of ketones is 1. The Bertz CT molecular complexity index is 861. The lowest BCUT2D eigenvalue weighted by atomic mass is 10.0. The number of nitrogens with one attached hydrogen (secondary N) is 1. The molecule has 0 radical (unpaired) electrons. The van der Waals surface area contributed by atoms with Crippen molar-refractivity contribution in [2.75, 3.05) is 5.23 Å². The molecule has 3 rings (SSSR count). The minimum Gasteiger partial charge on any atom is -0.408 e. The minimum atomic E-state index is -0.579. The standard InChI is InChI=1S/C14H10N2O5/c17-13(8-1-4-10(5-2-8)16(19)20)9-3-6-11-12(7-9)21-14(18)15-11/h1-7,19-20H,(H,15,18). The van der Waals surface area contributed by atoms with Crippen molar-refractivity contribution in [1.82, 2.24) is 4.98 Å². The van der Waals surface area contributed by atoms with Crippen LogP contribution in [0.5, 0.6) is 0 Å². The highest BCUT2D eigenvalue weighted by atomic mass is 16.8. The molecule has 2 aromatic carbocycles. The van der Waals surface area contributed by atoms with E-state index in [2.05, 4.69) is 4.98 Å². The van der Waals surface area contributed by atoms with Gasteiger partial charge >= 0.3 is 5.76 Å². The van der Waals surface area contributed by atoms with Crippen LogP contribution in [0.4, 0.5) is 5.69 Å².